The molecule has 2 aromatic rings. The van der Waals surface area contributed by atoms with Crippen LogP contribution in [0.25, 0.3) is 0 Å². The molecule has 0 bridgehead atoms. The van der Waals surface area contributed by atoms with Gasteiger partial charge < -0.3 is 15.7 Å². The molecule has 0 spiro atoms. The number of anilines is 2. The highest BCUT2D eigenvalue weighted by atomic mass is 32.1. The third-order valence-electron chi connectivity index (χ3n) is 3.20. The van der Waals surface area contributed by atoms with Crippen LogP contribution in [0.4, 0.5) is 10.8 Å². The number of carbonyl (C=O) groups is 3. The molecule has 0 saturated carbocycles. The van der Waals surface area contributed by atoms with Gasteiger partial charge in [-0.2, -0.15) is 0 Å². The van der Waals surface area contributed by atoms with Crippen molar-refractivity contribution in [3.8, 4) is 0 Å². The molecule has 0 aliphatic carbocycles. The summed E-state index contributed by atoms with van der Waals surface area (Å²) < 4.78 is 0. The fourth-order valence-corrected chi connectivity index (χ4v) is 2.63. The van der Waals surface area contributed by atoms with E-state index in [1.165, 1.54) is 23.5 Å². The van der Waals surface area contributed by atoms with Gasteiger partial charge in [0.25, 0.3) is 0 Å². The summed E-state index contributed by atoms with van der Waals surface area (Å²) in [5.41, 5.74) is 2.08. The summed E-state index contributed by atoms with van der Waals surface area (Å²) in [6.45, 7) is 3.59. The molecule has 0 unspecified atom stereocenters. The highest BCUT2D eigenvalue weighted by Gasteiger charge is 2.12. The van der Waals surface area contributed by atoms with Crippen LogP contribution in [0.5, 0.6) is 0 Å². The van der Waals surface area contributed by atoms with Gasteiger partial charge in [0.15, 0.2) is 5.13 Å². The van der Waals surface area contributed by atoms with Crippen LogP contribution >= 0.6 is 11.3 Å². The number of thiazole rings is 1. The number of rotatable bonds is 6. The van der Waals surface area contributed by atoms with E-state index in [2.05, 4.69) is 15.6 Å². The first-order valence-corrected chi connectivity index (χ1v) is 8.09. The molecular weight excluding hydrogens is 330 g/mol. The minimum absolute atomic E-state index is 0.00701. The van der Waals surface area contributed by atoms with Gasteiger partial charge in [-0.1, -0.05) is 6.07 Å². The second-order valence-corrected chi connectivity index (χ2v) is 6.08. The minimum Gasteiger partial charge on any atom is -0.478 e. The second-order valence-electron chi connectivity index (χ2n) is 5.23. The fourth-order valence-electron chi connectivity index (χ4n) is 1.92. The number of benzene rings is 1. The van der Waals surface area contributed by atoms with Crippen molar-refractivity contribution in [1.82, 2.24) is 4.98 Å². The minimum atomic E-state index is -1.07. The van der Waals surface area contributed by atoms with E-state index in [9.17, 15) is 14.4 Å². The Morgan fingerprint density at radius 1 is 1.12 bits per heavy atom. The van der Waals surface area contributed by atoms with Crippen LogP contribution in [-0.2, 0) is 9.59 Å². The maximum atomic E-state index is 12.0. The van der Waals surface area contributed by atoms with Gasteiger partial charge in [0.05, 0.1) is 11.3 Å². The third kappa shape index (κ3) is 4.88. The van der Waals surface area contributed by atoms with E-state index in [4.69, 9.17) is 5.11 Å². The molecule has 0 aliphatic heterocycles. The predicted molar refractivity (Wildman–Crippen MR) is 91.5 cm³/mol. The zero-order chi connectivity index (χ0) is 17.7. The Kier molecular flexibility index (Phi) is 5.64. The summed E-state index contributed by atoms with van der Waals surface area (Å²) in [7, 11) is 0. The number of carboxylic acids is 1. The van der Waals surface area contributed by atoms with Crippen LogP contribution < -0.4 is 10.6 Å². The van der Waals surface area contributed by atoms with Crippen molar-refractivity contribution >= 4 is 39.9 Å². The van der Waals surface area contributed by atoms with Crippen LogP contribution in [-0.4, -0.2) is 27.9 Å². The average molecular weight is 347 g/mol. The maximum Gasteiger partial charge on any atom is 0.335 e. The molecule has 8 heteroatoms. The molecule has 3 N–H and O–H groups in total. The lowest BCUT2D eigenvalue weighted by atomic mass is 10.1. The van der Waals surface area contributed by atoms with Gasteiger partial charge in [-0.15, -0.1) is 11.3 Å². The molecule has 1 aromatic heterocycles. The highest BCUT2D eigenvalue weighted by Crippen LogP contribution is 2.18. The van der Waals surface area contributed by atoms with Crippen molar-refractivity contribution in [2.24, 2.45) is 0 Å². The lowest BCUT2D eigenvalue weighted by molar-refractivity contribution is -0.121. The van der Waals surface area contributed by atoms with E-state index in [0.717, 1.165) is 11.3 Å². The number of aryl methyl sites for hydroxylation is 2. The molecule has 2 amide bonds. The topological polar surface area (TPSA) is 108 Å². The molecule has 0 fully saturated rings. The number of carboxylic acid groups (broad SMARTS) is 1. The Balaban J connectivity index is 1.88. The number of hydrogen-bond acceptors (Lipinski definition) is 5. The molecule has 126 valence electrons. The smallest absolute Gasteiger partial charge is 0.335 e. The first-order valence-electron chi connectivity index (χ1n) is 7.21. The van der Waals surface area contributed by atoms with Crippen molar-refractivity contribution < 1.29 is 19.5 Å². The first-order chi connectivity index (χ1) is 11.3. The number of aromatic nitrogens is 1. The van der Waals surface area contributed by atoms with Gasteiger partial charge in [-0.3, -0.25) is 9.59 Å². The summed E-state index contributed by atoms with van der Waals surface area (Å²) in [6.07, 6.45) is 0.00899. The van der Waals surface area contributed by atoms with Crippen molar-refractivity contribution in [1.29, 1.82) is 0 Å². The van der Waals surface area contributed by atoms with Crippen LogP contribution in [0.2, 0.25) is 0 Å². The molecule has 1 heterocycles. The summed E-state index contributed by atoms with van der Waals surface area (Å²) in [5.74, 6) is -1.72. The van der Waals surface area contributed by atoms with E-state index in [1.54, 1.807) is 13.0 Å². The van der Waals surface area contributed by atoms with Crippen LogP contribution in [0.1, 0.15) is 34.5 Å². The van der Waals surface area contributed by atoms with Crippen molar-refractivity contribution in [2.45, 2.75) is 26.7 Å². The van der Waals surface area contributed by atoms with Crippen LogP contribution in [0.15, 0.2) is 23.6 Å². The molecular formula is C16H17N3O4S. The normalized spacial score (nSPS) is 10.2. The summed E-state index contributed by atoms with van der Waals surface area (Å²) in [5, 5.41) is 16.6. The SMILES string of the molecule is Cc1csc(NC(=O)CCC(=O)Nc2cc(C(=O)O)ccc2C)n1. The largest absolute Gasteiger partial charge is 0.478 e. The fraction of sp³-hybridized carbons (Fsp3) is 0.250. The van der Waals surface area contributed by atoms with Gasteiger partial charge in [-0.25, -0.2) is 9.78 Å². The predicted octanol–water partition coefficient (Wildman–Crippen LogP) is 2.82. The Morgan fingerprint density at radius 3 is 2.38 bits per heavy atom. The van der Waals surface area contributed by atoms with Crippen molar-refractivity contribution in [2.75, 3.05) is 10.6 Å². The van der Waals surface area contributed by atoms with Crippen LogP contribution in [0, 0.1) is 13.8 Å². The van der Waals surface area contributed by atoms with Gasteiger partial charge in [-0.05, 0) is 31.5 Å². The molecule has 0 radical (unpaired) electrons. The van der Waals surface area contributed by atoms with Crippen molar-refractivity contribution in [3.05, 3.63) is 40.4 Å². The molecule has 0 aliphatic rings. The molecule has 0 saturated heterocycles. The zero-order valence-corrected chi connectivity index (χ0v) is 14.1. The van der Waals surface area contributed by atoms with E-state index in [-0.39, 0.29) is 30.2 Å². The standard InChI is InChI=1S/C16H17N3O4S/c1-9-3-4-11(15(22)23)7-12(9)18-13(20)5-6-14(21)19-16-17-10(2)8-24-16/h3-4,7-8H,5-6H2,1-2H3,(H,18,20)(H,22,23)(H,17,19,21). The number of nitrogens with zero attached hydrogens (tertiary/aromatic N) is 1. The monoisotopic (exact) mass is 347 g/mol. The Morgan fingerprint density at radius 2 is 1.79 bits per heavy atom. The summed E-state index contributed by atoms with van der Waals surface area (Å²) in [6, 6.07) is 4.49. The number of amides is 2. The second kappa shape index (κ2) is 7.69. The van der Waals surface area contributed by atoms with Gasteiger partial charge in [0.2, 0.25) is 11.8 Å². The Bertz CT molecular complexity index is 785. The molecule has 0 atom stereocenters. The number of carbonyl (C=O) groups excluding carboxylic acids is 2. The summed E-state index contributed by atoms with van der Waals surface area (Å²) >= 11 is 1.32. The Labute approximate surface area is 142 Å². The van der Waals surface area contributed by atoms with E-state index in [0.29, 0.717) is 10.8 Å². The number of nitrogens with one attached hydrogen (secondary N) is 2. The summed E-state index contributed by atoms with van der Waals surface area (Å²) in [4.78, 5) is 38.8. The van der Waals surface area contributed by atoms with Gasteiger partial charge >= 0.3 is 5.97 Å². The van der Waals surface area contributed by atoms with Gasteiger partial charge in [0, 0.05) is 23.9 Å². The molecule has 1 aromatic carbocycles. The number of hydrogen-bond donors (Lipinski definition) is 3. The van der Waals surface area contributed by atoms with Gasteiger partial charge in [0.1, 0.15) is 0 Å². The number of aromatic carboxylic acids is 1. The Hall–Kier alpha value is -2.74. The maximum absolute atomic E-state index is 12.0. The van der Waals surface area contributed by atoms with Crippen molar-refractivity contribution in [3.63, 3.8) is 0 Å². The van der Waals surface area contributed by atoms with E-state index >= 15 is 0 Å². The first kappa shape index (κ1) is 17.6. The highest BCUT2D eigenvalue weighted by molar-refractivity contribution is 7.13. The molecule has 7 nitrogen and oxygen atoms in total. The molecule has 2 rings (SSSR count). The zero-order valence-electron chi connectivity index (χ0n) is 13.3. The van der Waals surface area contributed by atoms with Crippen LogP contribution in [0.3, 0.4) is 0 Å². The average Bonchev–Trinajstić information content (AvgIpc) is 2.92. The van der Waals surface area contributed by atoms with E-state index < -0.39 is 5.97 Å². The lowest BCUT2D eigenvalue weighted by Gasteiger charge is -2.09. The lowest BCUT2D eigenvalue weighted by Crippen LogP contribution is -2.18. The van der Waals surface area contributed by atoms with E-state index in [1.807, 2.05) is 12.3 Å². The molecule has 24 heavy (non-hydrogen) atoms. The third-order valence-corrected chi connectivity index (χ3v) is 4.08. The quantitative estimate of drug-likeness (QED) is 0.744.